The fourth-order valence-corrected chi connectivity index (χ4v) is 4.55. The van der Waals surface area contributed by atoms with Crippen LogP contribution in [0.3, 0.4) is 0 Å². The SMILES string of the molecule is COC(=O)/C(=C\c1ccccc1)[CH2][Ge]([CH3])([CH3])[CH3]. The Morgan fingerprint density at radius 3 is 2.29 bits per heavy atom. The van der Waals surface area contributed by atoms with Crippen LogP contribution >= 0.6 is 0 Å². The first-order valence-electron chi connectivity index (χ1n) is 5.76. The van der Waals surface area contributed by atoms with Crippen LogP contribution in [0.15, 0.2) is 35.9 Å². The summed E-state index contributed by atoms with van der Waals surface area (Å²) in [6.07, 6.45) is 1.95. The van der Waals surface area contributed by atoms with Crippen molar-refractivity contribution in [2.24, 2.45) is 0 Å². The van der Waals surface area contributed by atoms with Gasteiger partial charge in [0.25, 0.3) is 0 Å². The van der Waals surface area contributed by atoms with Gasteiger partial charge in [-0.1, -0.05) is 0 Å². The van der Waals surface area contributed by atoms with Gasteiger partial charge >= 0.3 is 106 Å². The molecule has 0 aromatic heterocycles. The Balaban J connectivity index is 2.99. The topological polar surface area (TPSA) is 26.3 Å². The van der Waals surface area contributed by atoms with Gasteiger partial charge in [0.2, 0.25) is 0 Å². The van der Waals surface area contributed by atoms with Crippen LogP contribution in [0.2, 0.25) is 22.5 Å². The van der Waals surface area contributed by atoms with Gasteiger partial charge in [0, 0.05) is 0 Å². The number of esters is 1. The Hall–Kier alpha value is -1.03. The summed E-state index contributed by atoms with van der Waals surface area (Å²) in [4.78, 5) is 11.7. The molecular formula is C14H20GeO2. The molecule has 0 atom stereocenters. The number of benzene rings is 1. The number of carbonyl (C=O) groups is 1. The summed E-state index contributed by atoms with van der Waals surface area (Å²) < 4.78 is 4.85. The maximum absolute atomic E-state index is 11.7. The van der Waals surface area contributed by atoms with Gasteiger partial charge in [-0.25, -0.2) is 0 Å². The van der Waals surface area contributed by atoms with Gasteiger partial charge in [0.1, 0.15) is 0 Å². The molecule has 0 N–H and O–H groups in total. The molecule has 1 aromatic carbocycles. The van der Waals surface area contributed by atoms with Crippen LogP contribution in [0, 0.1) is 0 Å². The van der Waals surface area contributed by atoms with Gasteiger partial charge in [0.05, 0.1) is 0 Å². The Bertz CT molecular complexity index is 402. The molecule has 2 nitrogen and oxygen atoms in total. The molecule has 0 aliphatic heterocycles. The third-order valence-corrected chi connectivity index (χ3v) is 5.33. The van der Waals surface area contributed by atoms with E-state index in [1.807, 2.05) is 36.4 Å². The summed E-state index contributed by atoms with van der Waals surface area (Å²) in [6.45, 7) is 0. The predicted molar refractivity (Wildman–Crippen MR) is 74.6 cm³/mol. The van der Waals surface area contributed by atoms with Crippen LogP contribution in [0.1, 0.15) is 5.56 Å². The first kappa shape index (κ1) is 14.0. The zero-order valence-electron chi connectivity index (χ0n) is 11.0. The maximum atomic E-state index is 11.7. The standard InChI is InChI=1S/C14H20GeO2/c1-15(2,3)11-13(14(16)17-4)10-12-8-6-5-7-9-12/h5-10H,11H2,1-4H3/b13-10-. The number of rotatable bonds is 4. The molecule has 92 valence electrons. The molecular weight excluding hydrogens is 273 g/mol. The van der Waals surface area contributed by atoms with Crippen LogP contribution in [0.4, 0.5) is 0 Å². The fourth-order valence-electron chi connectivity index (χ4n) is 1.64. The molecule has 0 aliphatic carbocycles. The molecule has 0 amide bonds. The van der Waals surface area contributed by atoms with Crippen molar-refractivity contribution in [3.8, 4) is 0 Å². The summed E-state index contributed by atoms with van der Waals surface area (Å²) in [6, 6.07) is 9.91. The van der Waals surface area contributed by atoms with E-state index in [-0.39, 0.29) is 5.97 Å². The molecule has 0 radical (unpaired) electrons. The normalized spacial score (nSPS) is 12.4. The Kier molecular flexibility index (Phi) is 5.00. The molecule has 0 fully saturated rings. The summed E-state index contributed by atoms with van der Waals surface area (Å²) >= 11 is -1.81. The third-order valence-electron chi connectivity index (χ3n) is 2.31. The summed E-state index contributed by atoms with van der Waals surface area (Å²) in [7, 11) is 1.44. The minimum absolute atomic E-state index is 0.200. The number of ether oxygens (including phenoxy) is 1. The van der Waals surface area contributed by atoms with E-state index in [4.69, 9.17) is 4.74 Å². The quantitative estimate of drug-likeness (QED) is 0.482. The Labute approximate surface area is 106 Å². The van der Waals surface area contributed by atoms with Crippen molar-refractivity contribution in [1.29, 1.82) is 0 Å². The van der Waals surface area contributed by atoms with E-state index in [0.29, 0.717) is 0 Å². The zero-order chi connectivity index (χ0) is 12.9. The molecule has 17 heavy (non-hydrogen) atoms. The van der Waals surface area contributed by atoms with Crippen molar-refractivity contribution in [3.05, 3.63) is 41.5 Å². The molecule has 1 rings (SSSR count). The Morgan fingerprint density at radius 1 is 1.24 bits per heavy atom. The van der Waals surface area contributed by atoms with Crippen LogP contribution in [0.5, 0.6) is 0 Å². The van der Waals surface area contributed by atoms with E-state index in [1.54, 1.807) is 0 Å². The monoisotopic (exact) mass is 294 g/mol. The van der Waals surface area contributed by atoms with Crippen molar-refractivity contribution in [2.45, 2.75) is 22.5 Å². The number of carbonyl (C=O) groups excluding carboxylic acids is 1. The second-order valence-corrected chi connectivity index (χ2v) is 16.8. The summed E-state index contributed by atoms with van der Waals surface area (Å²) in [5.41, 5.74) is 1.85. The molecule has 0 bridgehead atoms. The van der Waals surface area contributed by atoms with E-state index in [1.165, 1.54) is 7.11 Å². The van der Waals surface area contributed by atoms with E-state index in [9.17, 15) is 4.79 Å². The first-order chi connectivity index (χ1) is 7.92. The van der Waals surface area contributed by atoms with Crippen LogP contribution < -0.4 is 0 Å². The fraction of sp³-hybridized carbons (Fsp3) is 0.357. The van der Waals surface area contributed by atoms with Crippen LogP contribution in [-0.4, -0.2) is 26.3 Å². The Morgan fingerprint density at radius 2 is 1.82 bits per heavy atom. The van der Waals surface area contributed by atoms with Gasteiger partial charge in [-0.3, -0.25) is 0 Å². The first-order valence-corrected chi connectivity index (χ1v) is 13.5. The zero-order valence-corrected chi connectivity index (χ0v) is 13.1. The molecule has 0 unspecified atom stereocenters. The van der Waals surface area contributed by atoms with E-state index < -0.39 is 13.3 Å². The average Bonchev–Trinajstić information content (AvgIpc) is 2.27. The van der Waals surface area contributed by atoms with Gasteiger partial charge in [-0.2, -0.15) is 0 Å². The second kappa shape index (κ2) is 6.05. The predicted octanol–water partition coefficient (Wildman–Crippen LogP) is 3.58. The number of hydrogen-bond donors (Lipinski definition) is 0. The van der Waals surface area contributed by atoms with Crippen molar-refractivity contribution < 1.29 is 9.53 Å². The summed E-state index contributed by atoms with van der Waals surface area (Å²) in [5, 5.41) is 0.890. The second-order valence-electron chi connectivity index (χ2n) is 5.31. The van der Waals surface area contributed by atoms with Gasteiger partial charge in [-0.15, -0.1) is 0 Å². The van der Waals surface area contributed by atoms with Gasteiger partial charge in [0.15, 0.2) is 0 Å². The molecule has 0 aliphatic rings. The number of hydrogen-bond acceptors (Lipinski definition) is 2. The van der Waals surface area contributed by atoms with E-state index in [0.717, 1.165) is 16.4 Å². The van der Waals surface area contributed by atoms with Crippen molar-refractivity contribution in [2.75, 3.05) is 7.11 Å². The van der Waals surface area contributed by atoms with Crippen molar-refractivity contribution in [1.82, 2.24) is 0 Å². The summed E-state index contributed by atoms with van der Waals surface area (Å²) in [5.74, 6) is 6.68. The van der Waals surface area contributed by atoms with Gasteiger partial charge in [-0.05, 0) is 0 Å². The van der Waals surface area contributed by atoms with Crippen molar-refractivity contribution >= 4 is 25.3 Å². The molecule has 1 aromatic rings. The molecule has 0 saturated heterocycles. The molecule has 0 spiro atoms. The average molecular weight is 293 g/mol. The molecule has 0 heterocycles. The minimum atomic E-state index is -1.81. The van der Waals surface area contributed by atoms with Crippen LogP contribution in [0.25, 0.3) is 6.08 Å². The van der Waals surface area contributed by atoms with E-state index in [2.05, 4.69) is 17.3 Å². The molecule has 3 heteroatoms. The number of methoxy groups -OCH3 is 1. The third kappa shape index (κ3) is 5.22. The van der Waals surface area contributed by atoms with Crippen molar-refractivity contribution in [3.63, 3.8) is 0 Å². The molecule has 0 saturated carbocycles. The van der Waals surface area contributed by atoms with Crippen LogP contribution in [-0.2, 0) is 9.53 Å². The van der Waals surface area contributed by atoms with E-state index >= 15 is 0 Å². The van der Waals surface area contributed by atoms with Gasteiger partial charge < -0.3 is 0 Å².